The van der Waals surface area contributed by atoms with Gasteiger partial charge >= 0.3 is 0 Å². The molecule has 0 spiro atoms. The highest BCUT2D eigenvalue weighted by atomic mass is 16.3. The van der Waals surface area contributed by atoms with Crippen LogP contribution in [0.2, 0.25) is 0 Å². The van der Waals surface area contributed by atoms with Crippen LogP contribution in [0.25, 0.3) is 0 Å². The van der Waals surface area contributed by atoms with Crippen molar-refractivity contribution in [2.75, 3.05) is 18.0 Å². The van der Waals surface area contributed by atoms with E-state index in [4.69, 9.17) is 5.11 Å². The van der Waals surface area contributed by atoms with Crippen LogP contribution in [-0.2, 0) is 11.3 Å². The summed E-state index contributed by atoms with van der Waals surface area (Å²) >= 11 is 0. The molecule has 0 bridgehead atoms. The highest BCUT2D eigenvalue weighted by Gasteiger charge is 2.11. The molecular formula is C15H23N3O2. The number of rotatable bonds is 4. The SMILES string of the molecule is CC(O)C(=O)NCc1ccc(N2CCCCCC2)nc1. The highest BCUT2D eigenvalue weighted by molar-refractivity contribution is 5.79. The van der Waals surface area contributed by atoms with Gasteiger partial charge in [0.2, 0.25) is 5.91 Å². The molecule has 1 aliphatic rings. The molecule has 1 fully saturated rings. The molecule has 2 N–H and O–H groups in total. The van der Waals surface area contributed by atoms with Crippen LogP contribution in [0.1, 0.15) is 38.2 Å². The summed E-state index contributed by atoms with van der Waals surface area (Å²) in [6, 6.07) is 3.99. The normalized spacial score (nSPS) is 17.4. The van der Waals surface area contributed by atoms with Gasteiger partial charge in [0.1, 0.15) is 11.9 Å². The Labute approximate surface area is 120 Å². The molecule has 0 radical (unpaired) electrons. The Morgan fingerprint density at radius 2 is 2.05 bits per heavy atom. The van der Waals surface area contributed by atoms with Crippen molar-refractivity contribution in [1.29, 1.82) is 0 Å². The van der Waals surface area contributed by atoms with Gasteiger partial charge in [-0.05, 0) is 31.4 Å². The Morgan fingerprint density at radius 1 is 1.35 bits per heavy atom. The van der Waals surface area contributed by atoms with Gasteiger partial charge in [0.05, 0.1) is 0 Å². The van der Waals surface area contributed by atoms with Crippen molar-refractivity contribution in [3.8, 4) is 0 Å². The van der Waals surface area contributed by atoms with Crippen molar-refractivity contribution in [3.63, 3.8) is 0 Å². The molecule has 5 heteroatoms. The quantitative estimate of drug-likeness (QED) is 0.874. The number of nitrogens with one attached hydrogen (secondary N) is 1. The first kappa shape index (κ1) is 14.8. The summed E-state index contributed by atoms with van der Waals surface area (Å²) in [6.45, 7) is 4.00. The fraction of sp³-hybridized carbons (Fsp3) is 0.600. The van der Waals surface area contributed by atoms with Crippen LogP contribution in [-0.4, -0.2) is 35.2 Å². The van der Waals surface area contributed by atoms with Gasteiger partial charge in [-0.25, -0.2) is 4.98 Å². The molecule has 1 saturated heterocycles. The second-order valence-corrected chi connectivity index (χ2v) is 5.32. The summed E-state index contributed by atoms with van der Waals surface area (Å²) in [4.78, 5) is 18.1. The number of amides is 1. The summed E-state index contributed by atoms with van der Waals surface area (Å²) < 4.78 is 0. The molecule has 2 rings (SSSR count). The third-order valence-electron chi connectivity index (χ3n) is 3.59. The molecule has 5 nitrogen and oxygen atoms in total. The maximum atomic E-state index is 11.3. The third kappa shape index (κ3) is 4.20. The van der Waals surface area contributed by atoms with E-state index in [0.717, 1.165) is 24.5 Å². The first-order valence-corrected chi connectivity index (χ1v) is 7.32. The van der Waals surface area contributed by atoms with Crippen LogP contribution < -0.4 is 10.2 Å². The predicted octanol–water partition coefficient (Wildman–Crippen LogP) is 1.46. The van der Waals surface area contributed by atoms with E-state index in [0.29, 0.717) is 6.54 Å². The second-order valence-electron chi connectivity index (χ2n) is 5.32. The molecule has 0 aliphatic carbocycles. The van der Waals surface area contributed by atoms with Crippen molar-refractivity contribution in [3.05, 3.63) is 23.9 Å². The van der Waals surface area contributed by atoms with Crippen molar-refractivity contribution < 1.29 is 9.90 Å². The first-order chi connectivity index (χ1) is 9.66. The predicted molar refractivity (Wildman–Crippen MR) is 78.4 cm³/mol. The van der Waals surface area contributed by atoms with E-state index in [1.54, 1.807) is 6.20 Å². The summed E-state index contributed by atoms with van der Waals surface area (Å²) in [7, 11) is 0. The number of hydrogen-bond acceptors (Lipinski definition) is 4. The maximum Gasteiger partial charge on any atom is 0.248 e. The standard InChI is InChI=1S/C15H23N3O2/c1-12(19)15(20)17-11-13-6-7-14(16-10-13)18-8-4-2-3-5-9-18/h6-7,10,12,19H,2-5,8-9,11H2,1H3,(H,17,20). The Morgan fingerprint density at radius 3 is 2.60 bits per heavy atom. The lowest BCUT2D eigenvalue weighted by Gasteiger charge is -2.21. The third-order valence-corrected chi connectivity index (χ3v) is 3.59. The number of hydrogen-bond donors (Lipinski definition) is 2. The minimum atomic E-state index is -0.973. The average Bonchev–Trinajstić information content (AvgIpc) is 2.74. The van der Waals surface area contributed by atoms with E-state index in [1.165, 1.54) is 32.6 Å². The number of nitrogens with zero attached hydrogens (tertiary/aromatic N) is 2. The molecule has 20 heavy (non-hydrogen) atoms. The lowest BCUT2D eigenvalue weighted by atomic mass is 10.2. The Hall–Kier alpha value is -1.62. The molecule has 0 aromatic carbocycles. The number of anilines is 1. The summed E-state index contributed by atoms with van der Waals surface area (Å²) in [5.74, 6) is 0.652. The molecule has 1 aromatic heterocycles. The van der Waals surface area contributed by atoms with Gasteiger partial charge < -0.3 is 15.3 Å². The van der Waals surface area contributed by atoms with Gasteiger partial charge in [-0.15, -0.1) is 0 Å². The topological polar surface area (TPSA) is 65.5 Å². The summed E-state index contributed by atoms with van der Waals surface area (Å²) in [5.41, 5.74) is 0.942. The zero-order chi connectivity index (χ0) is 14.4. The first-order valence-electron chi connectivity index (χ1n) is 7.32. The smallest absolute Gasteiger partial charge is 0.248 e. The molecule has 1 aromatic rings. The zero-order valence-electron chi connectivity index (χ0n) is 12.0. The Balaban J connectivity index is 1.90. The molecule has 2 heterocycles. The van der Waals surface area contributed by atoms with Crippen LogP contribution >= 0.6 is 0 Å². The van der Waals surface area contributed by atoms with E-state index in [9.17, 15) is 4.79 Å². The number of carbonyl (C=O) groups is 1. The van der Waals surface area contributed by atoms with Crippen molar-refractivity contribution >= 4 is 11.7 Å². The molecular weight excluding hydrogens is 254 g/mol. The molecule has 0 saturated carbocycles. The van der Waals surface area contributed by atoms with E-state index in [1.807, 2.05) is 12.1 Å². The average molecular weight is 277 g/mol. The molecule has 110 valence electrons. The largest absolute Gasteiger partial charge is 0.384 e. The molecule has 1 atom stereocenters. The highest BCUT2D eigenvalue weighted by Crippen LogP contribution is 2.17. The monoisotopic (exact) mass is 277 g/mol. The van der Waals surface area contributed by atoms with Gasteiger partial charge in [0, 0.05) is 25.8 Å². The van der Waals surface area contributed by atoms with Gasteiger partial charge in [-0.2, -0.15) is 0 Å². The van der Waals surface area contributed by atoms with Gasteiger partial charge in [0.25, 0.3) is 0 Å². The Bertz CT molecular complexity index is 423. The van der Waals surface area contributed by atoms with Crippen molar-refractivity contribution in [1.82, 2.24) is 10.3 Å². The number of aromatic nitrogens is 1. The maximum absolute atomic E-state index is 11.3. The van der Waals surface area contributed by atoms with E-state index < -0.39 is 6.10 Å². The summed E-state index contributed by atoms with van der Waals surface area (Å²) in [5, 5.41) is 11.8. The van der Waals surface area contributed by atoms with Gasteiger partial charge in [0.15, 0.2) is 0 Å². The minimum Gasteiger partial charge on any atom is -0.384 e. The van der Waals surface area contributed by atoms with E-state index in [2.05, 4.69) is 15.2 Å². The fourth-order valence-electron chi connectivity index (χ4n) is 2.34. The van der Waals surface area contributed by atoms with Gasteiger partial charge in [-0.3, -0.25) is 4.79 Å². The number of pyridine rings is 1. The number of aliphatic hydroxyl groups is 1. The second kappa shape index (κ2) is 7.24. The molecule has 1 unspecified atom stereocenters. The fourth-order valence-corrected chi connectivity index (χ4v) is 2.34. The van der Waals surface area contributed by atoms with Crippen molar-refractivity contribution in [2.45, 2.75) is 45.3 Å². The van der Waals surface area contributed by atoms with Crippen LogP contribution in [0.4, 0.5) is 5.82 Å². The van der Waals surface area contributed by atoms with Crippen LogP contribution in [0.5, 0.6) is 0 Å². The minimum absolute atomic E-state index is 0.360. The van der Waals surface area contributed by atoms with E-state index in [-0.39, 0.29) is 5.91 Å². The summed E-state index contributed by atoms with van der Waals surface area (Å²) in [6.07, 6.45) is 5.89. The zero-order valence-corrected chi connectivity index (χ0v) is 12.0. The van der Waals surface area contributed by atoms with Crippen LogP contribution in [0.3, 0.4) is 0 Å². The van der Waals surface area contributed by atoms with Gasteiger partial charge in [-0.1, -0.05) is 18.9 Å². The lowest BCUT2D eigenvalue weighted by molar-refractivity contribution is -0.128. The lowest BCUT2D eigenvalue weighted by Crippen LogP contribution is -2.32. The number of carbonyl (C=O) groups excluding carboxylic acids is 1. The number of aliphatic hydroxyl groups excluding tert-OH is 1. The molecule has 1 aliphatic heterocycles. The van der Waals surface area contributed by atoms with E-state index >= 15 is 0 Å². The Kier molecular flexibility index (Phi) is 5.35. The van der Waals surface area contributed by atoms with Crippen molar-refractivity contribution in [2.24, 2.45) is 0 Å². The van der Waals surface area contributed by atoms with Crippen LogP contribution in [0.15, 0.2) is 18.3 Å². The molecule has 1 amide bonds. The van der Waals surface area contributed by atoms with Crippen LogP contribution in [0, 0.1) is 0 Å².